The van der Waals surface area contributed by atoms with E-state index < -0.39 is 0 Å². The van der Waals surface area contributed by atoms with Crippen LogP contribution in [0.25, 0.3) is 0 Å². The monoisotopic (exact) mass is 156 g/mol. The van der Waals surface area contributed by atoms with Gasteiger partial charge in [-0.05, 0) is 13.8 Å². The summed E-state index contributed by atoms with van der Waals surface area (Å²) < 4.78 is 0. The predicted molar refractivity (Wildman–Crippen MR) is 41.6 cm³/mol. The third kappa shape index (κ3) is 1.21. The number of aromatic amines is 1. The Kier molecular flexibility index (Phi) is 1.80. The molecule has 10 heavy (non-hydrogen) atoms. The molecule has 0 spiro atoms. The standard InChI is InChI=1S/C6H8N2OS/c1-3-5(10)4(2)8-6(9)7-3/h10H,1-2H3,(H,7,8,9). The van der Waals surface area contributed by atoms with E-state index in [9.17, 15) is 4.79 Å². The van der Waals surface area contributed by atoms with Gasteiger partial charge in [0.2, 0.25) is 0 Å². The van der Waals surface area contributed by atoms with Crippen molar-refractivity contribution in [3.05, 3.63) is 21.9 Å². The summed E-state index contributed by atoms with van der Waals surface area (Å²) in [6, 6.07) is 0. The molecule has 0 atom stereocenters. The van der Waals surface area contributed by atoms with Crippen LogP contribution in [0, 0.1) is 13.8 Å². The van der Waals surface area contributed by atoms with Crippen LogP contribution >= 0.6 is 12.6 Å². The molecule has 0 unspecified atom stereocenters. The lowest BCUT2D eigenvalue weighted by atomic mass is 10.3. The third-order valence-corrected chi connectivity index (χ3v) is 1.92. The van der Waals surface area contributed by atoms with Crippen molar-refractivity contribution < 1.29 is 0 Å². The highest BCUT2D eigenvalue weighted by atomic mass is 32.1. The fourth-order valence-corrected chi connectivity index (χ4v) is 0.830. The van der Waals surface area contributed by atoms with Crippen molar-refractivity contribution in [3.63, 3.8) is 0 Å². The van der Waals surface area contributed by atoms with Crippen LogP contribution in [-0.4, -0.2) is 9.97 Å². The van der Waals surface area contributed by atoms with Gasteiger partial charge < -0.3 is 4.98 Å². The quantitative estimate of drug-likeness (QED) is 0.542. The summed E-state index contributed by atoms with van der Waals surface area (Å²) in [7, 11) is 0. The zero-order chi connectivity index (χ0) is 7.72. The van der Waals surface area contributed by atoms with Crippen molar-refractivity contribution in [2.45, 2.75) is 18.7 Å². The topological polar surface area (TPSA) is 45.8 Å². The van der Waals surface area contributed by atoms with Crippen molar-refractivity contribution in [2.24, 2.45) is 0 Å². The van der Waals surface area contributed by atoms with Crippen LogP contribution in [-0.2, 0) is 0 Å². The lowest BCUT2D eigenvalue weighted by Crippen LogP contribution is -2.13. The van der Waals surface area contributed by atoms with Gasteiger partial charge in [0.1, 0.15) is 0 Å². The molecule has 0 saturated heterocycles. The Bertz CT molecular complexity index is 279. The van der Waals surface area contributed by atoms with Crippen molar-refractivity contribution in [2.75, 3.05) is 0 Å². The molecule has 1 aromatic rings. The Labute approximate surface area is 63.9 Å². The second-order valence-electron chi connectivity index (χ2n) is 2.10. The summed E-state index contributed by atoms with van der Waals surface area (Å²) in [5.74, 6) is 0. The van der Waals surface area contributed by atoms with Crippen LogP contribution in [0.1, 0.15) is 11.4 Å². The number of H-pyrrole nitrogens is 1. The van der Waals surface area contributed by atoms with E-state index in [4.69, 9.17) is 0 Å². The molecule has 1 N–H and O–H groups in total. The summed E-state index contributed by atoms with van der Waals surface area (Å²) >= 11 is 4.13. The summed E-state index contributed by atoms with van der Waals surface area (Å²) in [5, 5.41) is 0. The first kappa shape index (κ1) is 7.34. The smallest absolute Gasteiger partial charge is 0.309 e. The minimum absolute atomic E-state index is 0.312. The number of aromatic nitrogens is 2. The number of hydrogen-bond acceptors (Lipinski definition) is 3. The highest BCUT2D eigenvalue weighted by molar-refractivity contribution is 7.80. The predicted octanol–water partition coefficient (Wildman–Crippen LogP) is 0.675. The SMILES string of the molecule is Cc1nc(=O)[nH]c(C)c1S. The summed E-state index contributed by atoms with van der Waals surface area (Å²) in [5.41, 5.74) is 1.12. The highest BCUT2D eigenvalue weighted by Crippen LogP contribution is 2.09. The zero-order valence-corrected chi connectivity index (χ0v) is 6.70. The molecule has 3 nitrogen and oxygen atoms in total. The number of nitrogens with zero attached hydrogens (tertiary/aromatic N) is 1. The first-order valence-corrected chi connectivity index (χ1v) is 3.32. The molecule has 0 aliphatic rings. The van der Waals surface area contributed by atoms with Crippen molar-refractivity contribution in [3.8, 4) is 0 Å². The summed E-state index contributed by atoms with van der Waals surface area (Å²) in [6.07, 6.45) is 0. The van der Waals surface area contributed by atoms with E-state index in [-0.39, 0.29) is 5.69 Å². The van der Waals surface area contributed by atoms with Crippen molar-refractivity contribution in [1.82, 2.24) is 9.97 Å². The van der Waals surface area contributed by atoms with Gasteiger partial charge in [-0.15, -0.1) is 12.6 Å². The Balaban J connectivity index is 3.46. The first-order chi connectivity index (χ1) is 4.61. The number of aryl methyl sites for hydroxylation is 2. The van der Waals surface area contributed by atoms with Crippen LogP contribution in [0.2, 0.25) is 0 Å². The first-order valence-electron chi connectivity index (χ1n) is 2.87. The summed E-state index contributed by atoms with van der Waals surface area (Å²) in [6.45, 7) is 3.54. The molecule has 0 fully saturated rings. The fraction of sp³-hybridized carbons (Fsp3) is 0.333. The minimum atomic E-state index is -0.312. The molecule has 1 rings (SSSR count). The van der Waals surface area contributed by atoms with Gasteiger partial charge in [0.05, 0.1) is 5.69 Å². The van der Waals surface area contributed by atoms with Gasteiger partial charge in [-0.25, -0.2) is 4.79 Å². The molecule has 0 radical (unpaired) electrons. The maximum atomic E-state index is 10.7. The highest BCUT2D eigenvalue weighted by Gasteiger charge is 1.98. The van der Waals surface area contributed by atoms with Gasteiger partial charge in [0, 0.05) is 10.6 Å². The molecule has 0 bridgehead atoms. The van der Waals surface area contributed by atoms with E-state index in [1.807, 2.05) is 0 Å². The Hall–Kier alpha value is -0.770. The third-order valence-electron chi connectivity index (χ3n) is 1.26. The molecular formula is C6H8N2OS. The maximum absolute atomic E-state index is 10.7. The van der Waals surface area contributed by atoms with Gasteiger partial charge in [-0.2, -0.15) is 4.98 Å². The maximum Gasteiger partial charge on any atom is 0.345 e. The van der Waals surface area contributed by atoms with Crippen LogP contribution < -0.4 is 5.69 Å². The molecule has 1 heterocycles. The normalized spacial score (nSPS) is 9.90. The largest absolute Gasteiger partial charge is 0.345 e. The van der Waals surface area contributed by atoms with Gasteiger partial charge in [-0.1, -0.05) is 0 Å². The Morgan fingerprint density at radius 2 is 2.10 bits per heavy atom. The second-order valence-corrected chi connectivity index (χ2v) is 2.55. The molecule has 0 aliphatic heterocycles. The van der Waals surface area contributed by atoms with Gasteiger partial charge in [-0.3, -0.25) is 0 Å². The molecule has 1 aromatic heterocycles. The lowest BCUT2D eigenvalue weighted by molar-refractivity contribution is 0.926. The molecule has 0 saturated carbocycles. The van der Waals surface area contributed by atoms with Crippen LogP contribution in [0.15, 0.2) is 9.69 Å². The molecule has 54 valence electrons. The van der Waals surface area contributed by atoms with Gasteiger partial charge >= 0.3 is 5.69 Å². The van der Waals surface area contributed by atoms with Gasteiger partial charge in [0.15, 0.2) is 0 Å². The Morgan fingerprint density at radius 1 is 1.50 bits per heavy atom. The van der Waals surface area contributed by atoms with E-state index in [0.29, 0.717) is 5.69 Å². The number of thiol groups is 1. The van der Waals surface area contributed by atoms with Crippen molar-refractivity contribution >= 4 is 12.6 Å². The van der Waals surface area contributed by atoms with Crippen molar-refractivity contribution in [1.29, 1.82) is 0 Å². The van der Waals surface area contributed by atoms with Crippen LogP contribution in [0.4, 0.5) is 0 Å². The molecule has 0 aliphatic carbocycles. The second kappa shape index (κ2) is 2.46. The molecule has 0 aromatic carbocycles. The van der Waals surface area contributed by atoms with E-state index in [2.05, 4.69) is 22.6 Å². The average Bonchev–Trinajstić information content (AvgIpc) is 1.82. The average molecular weight is 156 g/mol. The Morgan fingerprint density at radius 3 is 2.60 bits per heavy atom. The molecule has 4 heteroatoms. The van der Waals surface area contributed by atoms with E-state index >= 15 is 0 Å². The zero-order valence-electron chi connectivity index (χ0n) is 5.80. The van der Waals surface area contributed by atoms with Crippen LogP contribution in [0.5, 0.6) is 0 Å². The van der Waals surface area contributed by atoms with E-state index in [1.165, 1.54) is 0 Å². The lowest BCUT2D eigenvalue weighted by Gasteiger charge is -1.98. The molecular weight excluding hydrogens is 148 g/mol. The molecule has 0 amide bonds. The minimum Gasteiger partial charge on any atom is -0.309 e. The van der Waals surface area contributed by atoms with Crippen LogP contribution in [0.3, 0.4) is 0 Å². The van der Waals surface area contributed by atoms with E-state index in [1.54, 1.807) is 13.8 Å². The number of nitrogens with one attached hydrogen (secondary N) is 1. The number of hydrogen-bond donors (Lipinski definition) is 2. The van der Waals surface area contributed by atoms with Gasteiger partial charge in [0.25, 0.3) is 0 Å². The van der Waals surface area contributed by atoms with E-state index in [0.717, 1.165) is 10.6 Å². The fourth-order valence-electron chi connectivity index (χ4n) is 0.724. The summed E-state index contributed by atoms with van der Waals surface area (Å²) in [4.78, 5) is 17.6. The number of rotatable bonds is 0.